The van der Waals surface area contributed by atoms with Crippen molar-refractivity contribution >= 4 is 5.97 Å². The molecule has 2 N–H and O–H groups in total. The quantitative estimate of drug-likeness (QED) is 0.775. The first-order valence-electron chi connectivity index (χ1n) is 7.83. The highest BCUT2D eigenvalue weighted by atomic mass is 16.6. The molecular formula is C17H25NO4. The molecule has 0 saturated carbocycles. The highest BCUT2D eigenvalue weighted by Crippen LogP contribution is 2.41. The molecule has 0 radical (unpaired) electrons. The van der Waals surface area contributed by atoms with Gasteiger partial charge >= 0.3 is 5.97 Å². The van der Waals surface area contributed by atoms with Gasteiger partial charge in [-0.3, -0.25) is 9.69 Å². The smallest absolute Gasteiger partial charge is 0.306 e. The molecule has 0 aromatic heterocycles. The highest BCUT2D eigenvalue weighted by Gasteiger charge is 2.49. The van der Waals surface area contributed by atoms with Crippen molar-refractivity contribution in [2.75, 3.05) is 19.7 Å². The minimum Gasteiger partial charge on any atom is -0.452 e. The van der Waals surface area contributed by atoms with Crippen LogP contribution in [0.25, 0.3) is 0 Å². The fourth-order valence-corrected chi connectivity index (χ4v) is 3.16. The van der Waals surface area contributed by atoms with Crippen LogP contribution in [0.1, 0.15) is 32.3 Å². The minimum atomic E-state index is -0.782. The molecule has 1 saturated heterocycles. The molecule has 1 fully saturated rings. The second-order valence-corrected chi connectivity index (χ2v) is 5.84. The maximum Gasteiger partial charge on any atom is 0.306 e. The second kappa shape index (κ2) is 7.22. The van der Waals surface area contributed by atoms with Gasteiger partial charge in [-0.2, -0.15) is 0 Å². The van der Waals surface area contributed by atoms with Gasteiger partial charge in [-0.1, -0.05) is 37.3 Å². The number of esters is 1. The number of nitrogens with zero attached hydrogens (tertiary/aromatic N) is 1. The Morgan fingerprint density at radius 3 is 2.73 bits per heavy atom. The molecule has 1 aromatic rings. The molecule has 22 heavy (non-hydrogen) atoms. The number of carbonyl (C=O) groups excluding carboxylic acids is 1. The van der Waals surface area contributed by atoms with Crippen LogP contribution in [0.5, 0.6) is 0 Å². The van der Waals surface area contributed by atoms with Crippen LogP contribution in [0.3, 0.4) is 0 Å². The summed E-state index contributed by atoms with van der Waals surface area (Å²) in [6.07, 6.45) is 0.235. The predicted octanol–water partition coefficient (Wildman–Crippen LogP) is 1.28. The number of carbonyl (C=O) groups is 1. The number of hydrogen-bond acceptors (Lipinski definition) is 5. The van der Waals surface area contributed by atoms with Crippen LogP contribution in [0.4, 0.5) is 0 Å². The maximum atomic E-state index is 11.9. The third-order valence-corrected chi connectivity index (χ3v) is 4.50. The van der Waals surface area contributed by atoms with E-state index in [1.165, 1.54) is 0 Å². The van der Waals surface area contributed by atoms with Gasteiger partial charge in [-0.25, -0.2) is 0 Å². The first-order chi connectivity index (χ1) is 10.5. The molecule has 1 aliphatic rings. The summed E-state index contributed by atoms with van der Waals surface area (Å²) in [7, 11) is 0. The van der Waals surface area contributed by atoms with Crippen molar-refractivity contribution < 1.29 is 19.7 Å². The Bertz CT molecular complexity index is 493. The van der Waals surface area contributed by atoms with Crippen LogP contribution in [0, 0.1) is 0 Å². The minimum absolute atomic E-state index is 0.0633. The van der Waals surface area contributed by atoms with Crippen molar-refractivity contribution in [1.82, 2.24) is 4.90 Å². The van der Waals surface area contributed by atoms with Crippen molar-refractivity contribution in [3.63, 3.8) is 0 Å². The van der Waals surface area contributed by atoms with E-state index in [4.69, 9.17) is 9.84 Å². The molecule has 5 heteroatoms. The lowest BCUT2D eigenvalue weighted by molar-refractivity contribution is -0.163. The van der Waals surface area contributed by atoms with E-state index in [0.717, 1.165) is 5.56 Å². The van der Waals surface area contributed by atoms with Crippen LogP contribution in [-0.4, -0.2) is 52.9 Å². The van der Waals surface area contributed by atoms with E-state index in [0.29, 0.717) is 25.9 Å². The van der Waals surface area contributed by atoms with Crippen molar-refractivity contribution in [2.45, 2.75) is 44.4 Å². The van der Waals surface area contributed by atoms with Gasteiger partial charge in [-0.15, -0.1) is 0 Å². The molecule has 1 aromatic carbocycles. The number of β-amino-alcohol motifs (C(OH)–C–C–N with tert-alkyl or cyclic N) is 1. The van der Waals surface area contributed by atoms with Crippen LogP contribution >= 0.6 is 0 Å². The maximum absolute atomic E-state index is 11.9. The number of ether oxygens (including phenoxy) is 1. The predicted molar refractivity (Wildman–Crippen MR) is 83.2 cm³/mol. The summed E-state index contributed by atoms with van der Waals surface area (Å²) in [5, 5.41) is 18.8. The Morgan fingerprint density at radius 2 is 2.14 bits per heavy atom. The fourth-order valence-electron chi connectivity index (χ4n) is 3.16. The average Bonchev–Trinajstić information content (AvgIpc) is 2.85. The summed E-state index contributed by atoms with van der Waals surface area (Å²) in [6, 6.07) is 9.71. The Kier molecular flexibility index (Phi) is 5.56. The molecule has 3 unspecified atom stereocenters. The van der Waals surface area contributed by atoms with E-state index in [9.17, 15) is 9.90 Å². The molecular weight excluding hydrogens is 282 g/mol. The first-order valence-corrected chi connectivity index (χ1v) is 7.83. The zero-order chi connectivity index (χ0) is 16.2. The van der Waals surface area contributed by atoms with E-state index in [-0.39, 0.29) is 18.6 Å². The van der Waals surface area contributed by atoms with Crippen molar-refractivity contribution in [2.24, 2.45) is 0 Å². The van der Waals surface area contributed by atoms with E-state index in [1.807, 2.05) is 37.3 Å². The molecule has 0 aliphatic carbocycles. The zero-order valence-corrected chi connectivity index (χ0v) is 13.2. The summed E-state index contributed by atoms with van der Waals surface area (Å²) in [5.74, 6) is -0.222. The lowest BCUT2D eigenvalue weighted by Gasteiger charge is -2.36. The summed E-state index contributed by atoms with van der Waals surface area (Å²) in [4.78, 5) is 14.0. The number of hydrogen-bond donors (Lipinski definition) is 2. The third kappa shape index (κ3) is 3.32. The summed E-state index contributed by atoms with van der Waals surface area (Å²) in [5.41, 5.74) is 0.286. The molecule has 0 spiro atoms. The van der Waals surface area contributed by atoms with Gasteiger partial charge in [-0.05, 0) is 12.5 Å². The molecule has 3 atom stereocenters. The lowest BCUT2D eigenvalue weighted by Crippen LogP contribution is -2.46. The number of likely N-dealkylation sites (tertiary alicyclic amines) is 1. The average molecular weight is 307 g/mol. The van der Waals surface area contributed by atoms with Crippen LogP contribution in [0.2, 0.25) is 0 Å². The standard InChI is InChI=1S/C17H25NO4/c1-3-16(21)22-17(14-7-5-4-6-8-14)9-10-18(13(17)2)11-15(20)12-19/h4-8,13,15,19-20H,3,9-12H2,1-2H3. The Morgan fingerprint density at radius 1 is 1.45 bits per heavy atom. The van der Waals surface area contributed by atoms with Gasteiger partial charge < -0.3 is 14.9 Å². The number of aliphatic hydroxyl groups excluding tert-OH is 2. The molecule has 122 valence electrons. The topological polar surface area (TPSA) is 70.0 Å². The van der Waals surface area contributed by atoms with E-state index in [1.54, 1.807) is 6.92 Å². The van der Waals surface area contributed by atoms with E-state index in [2.05, 4.69) is 4.90 Å². The Hall–Kier alpha value is -1.43. The highest BCUT2D eigenvalue weighted by molar-refractivity contribution is 5.70. The molecule has 1 aliphatic heterocycles. The van der Waals surface area contributed by atoms with Crippen LogP contribution in [0.15, 0.2) is 30.3 Å². The van der Waals surface area contributed by atoms with Gasteiger partial charge in [0.05, 0.1) is 18.8 Å². The molecule has 0 bridgehead atoms. The molecule has 1 heterocycles. The monoisotopic (exact) mass is 307 g/mol. The van der Waals surface area contributed by atoms with Gasteiger partial charge in [0.15, 0.2) is 5.60 Å². The number of aliphatic hydroxyl groups is 2. The largest absolute Gasteiger partial charge is 0.452 e. The van der Waals surface area contributed by atoms with Crippen molar-refractivity contribution in [3.8, 4) is 0 Å². The summed E-state index contributed by atoms with van der Waals surface area (Å²) in [6.45, 7) is 4.61. The lowest BCUT2D eigenvalue weighted by atomic mass is 9.86. The first kappa shape index (κ1) is 16.9. The van der Waals surface area contributed by atoms with Gasteiger partial charge in [0.25, 0.3) is 0 Å². The van der Waals surface area contributed by atoms with E-state index < -0.39 is 11.7 Å². The van der Waals surface area contributed by atoms with Crippen molar-refractivity contribution in [3.05, 3.63) is 35.9 Å². The summed E-state index contributed by atoms with van der Waals surface area (Å²) >= 11 is 0. The van der Waals surface area contributed by atoms with Crippen LogP contribution < -0.4 is 0 Å². The number of benzene rings is 1. The molecule has 2 rings (SSSR count). The van der Waals surface area contributed by atoms with Gasteiger partial charge in [0, 0.05) is 25.9 Å². The van der Waals surface area contributed by atoms with E-state index >= 15 is 0 Å². The normalized spacial score (nSPS) is 26.8. The number of rotatable bonds is 6. The zero-order valence-electron chi connectivity index (χ0n) is 13.2. The van der Waals surface area contributed by atoms with Gasteiger partial charge in [0.2, 0.25) is 0 Å². The SMILES string of the molecule is CCC(=O)OC1(c2ccccc2)CCN(CC(O)CO)C1C. The molecule has 0 amide bonds. The van der Waals surface area contributed by atoms with Crippen LogP contribution in [-0.2, 0) is 15.1 Å². The fraction of sp³-hybridized carbons (Fsp3) is 0.588. The Balaban J connectivity index is 2.28. The summed E-state index contributed by atoms with van der Waals surface area (Å²) < 4.78 is 5.87. The van der Waals surface area contributed by atoms with Crippen molar-refractivity contribution in [1.29, 1.82) is 0 Å². The third-order valence-electron chi connectivity index (χ3n) is 4.50. The second-order valence-electron chi connectivity index (χ2n) is 5.84. The van der Waals surface area contributed by atoms with Gasteiger partial charge in [0.1, 0.15) is 0 Å². The Labute approximate surface area is 131 Å². The molecule has 5 nitrogen and oxygen atoms in total.